The maximum atomic E-state index is 14.1. The highest BCUT2D eigenvalue weighted by atomic mass is 19.1. The van der Waals surface area contributed by atoms with Gasteiger partial charge in [0.1, 0.15) is 5.82 Å². The molecule has 2 rings (SSSR count). The lowest BCUT2D eigenvalue weighted by Crippen LogP contribution is -2.34. The van der Waals surface area contributed by atoms with Crippen LogP contribution in [-0.4, -0.2) is 23.7 Å². The number of benzene rings is 1. The third-order valence-corrected chi connectivity index (χ3v) is 3.76. The van der Waals surface area contributed by atoms with Crippen LogP contribution in [0, 0.1) is 5.82 Å². The molecule has 104 valence electrons. The van der Waals surface area contributed by atoms with Crippen LogP contribution in [0.5, 0.6) is 0 Å². The molecule has 1 aliphatic rings. The number of aromatic carboxylic acids is 1. The standard InChI is InChI=1S/C14H19FN2O2/c1-2-17(9-5-3-4-6-9)13-7-10(14(18)19)12(16)8-11(13)15/h7-9H,2-6,16H2,1H3,(H,18,19). The third kappa shape index (κ3) is 2.64. The van der Waals surface area contributed by atoms with E-state index in [0.717, 1.165) is 31.7 Å². The number of carbonyl (C=O) groups is 1. The first-order chi connectivity index (χ1) is 9.04. The number of carboxylic acid groups (broad SMARTS) is 1. The lowest BCUT2D eigenvalue weighted by molar-refractivity contribution is 0.0698. The van der Waals surface area contributed by atoms with Gasteiger partial charge in [0.25, 0.3) is 0 Å². The number of rotatable bonds is 4. The second-order valence-electron chi connectivity index (χ2n) is 4.92. The maximum Gasteiger partial charge on any atom is 0.337 e. The van der Waals surface area contributed by atoms with Crippen molar-refractivity contribution in [2.45, 2.75) is 38.6 Å². The largest absolute Gasteiger partial charge is 0.478 e. The molecule has 1 aromatic rings. The van der Waals surface area contributed by atoms with Crippen LogP contribution < -0.4 is 10.6 Å². The van der Waals surface area contributed by atoms with Gasteiger partial charge in [0.05, 0.1) is 11.3 Å². The molecule has 0 heterocycles. The molecule has 5 heteroatoms. The fourth-order valence-corrected chi connectivity index (χ4v) is 2.82. The molecule has 19 heavy (non-hydrogen) atoms. The summed E-state index contributed by atoms with van der Waals surface area (Å²) in [7, 11) is 0. The Morgan fingerprint density at radius 3 is 2.63 bits per heavy atom. The predicted octanol–water partition coefficient (Wildman–Crippen LogP) is 2.88. The van der Waals surface area contributed by atoms with E-state index in [-0.39, 0.29) is 11.3 Å². The molecule has 0 atom stereocenters. The minimum atomic E-state index is -1.12. The molecule has 0 bridgehead atoms. The molecule has 4 nitrogen and oxygen atoms in total. The number of carboxylic acids is 1. The van der Waals surface area contributed by atoms with Crippen LogP contribution in [0.3, 0.4) is 0 Å². The van der Waals surface area contributed by atoms with Crippen molar-refractivity contribution in [3.63, 3.8) is 0 Å². The van der Waals surface area contributed by atoms with E-state index in [2.05, 4.69) is 0 Å². The highest BCUT2D eigenvalue weighted by Gasteiger charge is 2.25. The van der Waals surface area contributed by atoms with Gasteiger partial charge in [-0.1, -0.05) is 12.8 Å². The number of nitrogen functional groups attached to an aromatic ring is 1. The zero-order chi connectivity index (χ0) is 14.0. The summed E-state index contributed by atoms with van der Waals surface area (Å²) in [4.78, 5) is 13.0. The van der Waals surface area contributed by atoms with Gasteiger partial charge in [-0.15, -0.1) is 0 Å². The molecular formula is C14H19FN2O2. The minimum absolute atomic E-state index is 0.0313. The predicted molar refractivity (Wildman–Crippen MR) is 73.0 cm³/mol. The lowest BCUT2D eigenvalue weighted by Gasteiger charge is -2.30. The maximum absolute atomic E-state index is 14.1. The summed E-state index contributed by atoms with van der Waals surface area (Å²) in [5, 5.41) is 9.08. The molecular weight excluding hydrogens is 247 g/mol. The average Bonchev–Trinajstić information content (AvgIpc) is 2.86. The van der Waals surface area contributed by atoms with Gasteiger partial charge < -0.3 is 15.7 Å². The van der Waals surface area contributed by atoms with E-state index in [1.165, 1.54) is 6.07 Å². The van der Waals surface area contributed by atoms with Crippen LogP contribution in [0.25, 0.3) is 0 Å². The molecule has 1 aromatic carbocycles. The van der Waals surface area contributed by atoms with Crippen LogP contribution >= 0.6 is 0 Å². The average molecular weight is 266 g/mol. The summed E-state index contributed by atoms with van der Waals surface area (Å²) in [6.07, 6.45) is 4.34. The Labute approximate surface area is 112 Å². The van der Waals surface area contributed by atoms with Crippen LogP contribution in [0.4, 0.5) is 15.8 Å². The van der Waals surface area contributed by atoms with Crippen molar-refractivity contribution in [3.8, 4) is 0 Å². The van der Waals surface area contributed by atoms with Gasteiger partial charge in [-0.05, 0) is 31.9 Å². The van der Waals surface area contributed by atoms with E-state index in [4.69, 9.17) is 10.8 Å². The van der Waals surface area contributed by atoms with Crippen molar-refractivity contribution in [3.05, 3.63) is 23.5 Å². The molecule has 0 aromatic heterocycles. The first kappa shape index (κ1) is 13.6. The molecule has 0 aliphatic heterocycles. The van der Waals surface area contributed by atoms with Crippen molar-refractivity contribution in [2.24, 2.45) is 0 Å². The smallest absolute Gasteiger partial charge is 0.337 e. The molecule has 0 amide bonds. The molecule has 1 aliphatic carbocycles. The van der Waals surface area contributed by atoms with E-state index in [1.807, 2.05) is 11.8 Å². The molecule has 0 saturated heterocycles. The third-order valence-electron chi connectivity index (χ3n) is 3.76. The van der Waals surface area contributed by atoms with Crippen molar-refractivity contribution >= 4 is 17.3 Å². The highest BCUT2D eigenvalue weighted by Crippen LogP contribution is 2.32. The zero-order valence-electron chi connectivity index (χ0n) is 11.0. The van der Waals surface area contributed by atoms with Gasteiger partial charge in [0, 0.05) is 18.3 Å². The van der Waals surface area contributed by atoms with Crippen molar-refractivity contribution < 1.29 is 14.3 Å². The summed E-state index contributed by atoms with van der Waals surface area (Å²) in [5.74, 6) is -1.57. The van der Waals surface area contributed by atoms with E-state index in [0.29, 0.717) is 18.3 Å². The number of nitrogens with two attached hydrogens (primary N) is 1. The Morgan fingerprint density at radius 2 is 2.11 bits per heavy atom. The van der Waals surface area contributed by atoms with Gasteiger partial charge in [0.2, 0.25) is 0 Å². The van der Waals surface area contributed by atoms with Gasteiger partial charge in [-0.25, -0.2) is 9.18 Å². The quantitative estimate of drug-likeness (QED) is 0.822. The summed E-state index contributed by atoms with van der Waals surface area (Å²) in [6.45, 7) is 2.61. The van der Waals surface area contributed by atoms with Gasteiger partial charge in [-0.3, -0.25) is 0 Å². The van der Waals surface area contributed by atoms with Crippen LogP contribution in [0.2, 0.25) is 0 Å². The highest BCUT2D eigenvalue weighted by molar-refractivity contribution is 5.95. The van der Waals surface area contributed by atoms with E-state index in [9.17, 15) is 9.18 Å². The van der Waals surface area contributed by atoms with Crippen molar-refractivity contribution in [1.82, 2.24) is 0 Å². The molecule has 3 N–H and O–H groups in total. The topological polar surface area (TPSA) is 66.6 Å². The van der Waals surface area contributed by atoms with Gasteiger partial charge in [-0.2, -0.15) is 0 Å². The number of hydrogen-bond donors (Lipinski definition) is 2. The Balaban J connectivity index is 2.41. The second-order valence-corrected chi connectivity index (χ2v) is 4.92. The fraction of sp³-hybridized carbons (Fsp3) is 0.500. The Morgan fingerprint density at radius 1 is 1.47 bits per heavy atom. The van der Waals surface area contributed by atoms with Crippen LogP contribution in [-0.2, 0) is 0 Å². The lowest BCUT2D eigenvalue weighted by atomic mass is 10.1. The molecule has 1 fully saturated rings. The van der Waals surface area contributed by atoms with E-state index < -0.39 is 11.8 Å². The summed E-state index contributed by atoms with van der Waals surface area (Å²) < 4.78 is 14.1. The van der Waals surface area contributed by atoms with Gasteiger partial charge >= 0.3 is 5.97 Å². The fourth-order valence-electron chi connectivity index (χ4n) is 2.82. The number of halogens is 1. The molecule has 0 spiro atoms. The molecule has 1 saturated carbocycles. The van der Waals surface area contributed by atoms with E-state index in [1.54, 1.807) is 0 Å². The van der Waals surface area contributed by atoms with E-state index >= 15 is 0 Å². The molecule has 0 radical (unpaired) electrons. The monoisotopic (exact) mass is 266 g/mol. The number of hydrogen-bond acceptors (Lipinski definition) is 3. The summed E-state index contributed by atoms with van der Waals surface area (Å²) >= 11 is 0. The van der Waals surface area contributed by atoms with Crippen molar-refractivity contribution in [2.75, 3.05) is 17.2 Å². The Bertz CT molecular complexity index is 485. The number of nitrogens with zero attached hydrogens (tertiary/aromatic N) is 1. The first-order valence-corrected chi connectivity index (χ1v) is 6.63. The summed E-state index contributed by atoms with van der Waals surface area (Å²) in [6, 6.07) is 2.76. The van der Waals surface area contributed by atoms with Crippen LogP contribution in [0.15, 0.2) is 12.1 Å². The summed E-state index contributed by atoms with van der Waals surface area (Å²) in [5.41, 5.74) is 5.83. The van der Waals surface area contributed by atoms with Gasteiger partial charge in [0.15, 0.2) is 0 Å². The second kappa shape index (κ2) is 5.47. The Hall–Kier alpha value is -1.78. The SMILES string of the molecule is CCN(c1cc(C(=O)O)c(N)cc1F)C1CCCC1. The minimum Gasteiger partial charge on any atom is -0.478 e. The van der Waals surface area contributed by atoms with Crippen molar-refractivity contribution in [1.29, 1.82) is 0 Å². The first-order valence-electron chi connectivity index (χ1n) is 6.63. The Kier molecular flexibility index (Phi) is 3.93. The van der Waals surface area contributed by atoms with Crippen LogP contribution in [0.1, 0.15) is 43.0 Å². The zero-order valence-corrected chi connectivity index (χ0v) is 11.0. The molecule has 0 unspecified atom stereocenters. The normalized spacial score (nSPS) is 15.7. The number of anilines is 2.